The summed E-state index contributed by atoms with van der Waals surface area (Å²) in [5, 5.41) is 9.17. The van der Waals surface area contributed by atoms with Crippen LogP contribution in [0.2, 0.25) is 5.02 Å². The van der Waals surface area contributed by atoms with E-state index in [4.69, 9.17) is 16.7 Å². The Morgan fingerprint density at radius 1 is 1.40 bits per heavy atom. The van der Waals surface area contributed by atoms with Crippen molar-refractivity contribution in [3.63, 3.8) is 0 Å². The number of benzene rings is 1. The molecule has 0 saturated carbocycles. The predicted molar refractivity (Wildman–Crippen MR) is 74.9 cm³/mol. The van der Waals surface area contributed by atoms with Crippen LogP contribution in [0, 0.1) is 0 Å². The zero-order valence-corrected chi connectivity index (χ0v) is 12.1. The molecule has 3 N–H and O–H groups in total. The molecule has 1 aromatic carbocycles. The molecular weight excluding hydrogens is 302 g/mol. The van der Waals surface area contributed by atoms with Gasteiger partial charge in [-0.25, -0.2) is 18.1 Å². The molecule has 1 aromatic heterocycles. The van der Waals surface area contributed by atoms with Crippen LogP contribution in [0.25, 0.3) is 0 Å². The molecule has 0 bridgehead atoms. The maximum absolute atomic E-state index is 12.1. The highest BCUT2D eigenvalue weighted by molar-refractivity contribution is 7.89. The number of nitrogens with one attached hydrogen (secondary N) is 2. The molecule has 2 rings (SSSR count). The van der Waals surface area contributed by atoms with Gasteiger partial charge in [0, 0.05) is 25.4 Å². The maximum atomic E-state index is 12.1. The molecule has 0 spiro atoms. The van der Waals surface area contributed by atoms with Gasteiger partial charge in [0.1, 0.15) is 10.7 Å². The molecular formula is C12H14ClN3O3S. The second-order valence-electron chi connectivity index (χ2n) is 4.11. The number of hydrogen-bond donors (Lipinski definition) is 3. The minimum Gasteiger partial charge on any atom is -0.392 e. The van der Waals surface area contributed by atoms with Gasteiger partial charge in [-0.2, -0.15) is 0 Å². The fourth-order valence-corrected chi connectivity index (χ4v) is 3.25. The number of nitrogens with zero attached hydrogens (tertiary/aromatic N) is 1. The lowest BCUT2D eigenvalue weighted by Crippen LogP contribution is -2.26. The van der Waals surface area contributed by atoms with E-state index < -0.39 is 10.0 Å². The molecule has 0 aliphatic heterocycles. The quantitative estimate of drug-likeness (QED) is 0.743. The summed E-state index contributed by atoms with van der Waals surface area (Å²) in [6.45, 7) is -0.0401. The standard InChI is InChI=1S/C12H14ClN3O3S/c13-10-2-1-9(8-17)7-11(10)20(18,19)16-4-3-12-14-5-6-15-12/h1-2,5-7,16-17H,3-4,8H2,(H,14,15). The van der Waals surface area contributed by atoms with Crippen LogP contribution >= 0.6 is 11.6 Å². The summed E-state index contributed by atoms with van der Waals surface area (Å²) in [5.74, 6) is 0.697. The topological polar surface area (TPSA) is 95.1 Å². The SMILES string of the molecule is O=S(=O)(NCCc1ncc[nH]1)c1cc(CO)ccc1Cl. The number of aliphatic hydroxyl groups excluding tert-OH is 1. The third-order valence-corrected chi connectivity index (χ3v) is 4.62. The van der Waals surface area contributed by atoms with Crippen molar-refractivity contribution in [3.8, 4) is 0 Å². The summed E-state index contributed by atoms with van der Waals surface area (Å²) in [6, 6.07) is 4.38. The first-order valence-electron chi connectivity index (χ1n) is 5.90. The second kappa shape index (κ2) is 6.36. The predicted octanol–water partition coefficient (Wildman–Crippen LogP) is 1.08. The smallest absolute Gasteiger partial charge is 0.242 e. The van der Waals surface area contributed by atoms with Crippen LogP contribution in [-0.4, -0.2) is 30.0 Å². The second-order valence-corrected chi connectivity index (χ2v) is 6.25. The maximum Gasteiger partial charge on any atom is 0.242 e. The van der Waals surface area contributed by atoms with E-state index in [0.717, 1.165) is 0 Å². The van der Waals surface area contributed by atoms with E-state index >= 15 is 0 Å². The van der Waals surface area contributed by atoms with Crippen LogP contribution < -0.4 is 4.72 Å². The molecule has 2 aromatic rings. The van der Waals surface area contributed by atoms with Gasteiger partial charge < -0.3 is 10.1 Å². The number of imidazole rings is 1. The number of rotatable bonds is 6. The van der Waals surface area contributed by atoms with E-state index in [2.05, 4.69) is 14.7 Å². The number of aromatic nitrogens is 2. The van der Waals surface area contributed by atoms with E-state index in [0.29, 0.717) is 17.8 Å². The number of halogens is 1. The van der Waals surface area contributed by atoms with Crippen molar-refractivity contribution in [1.82, 2.24) is 14.7 Å². The van der Waals surface area contributed by atoms with Gasteiger partial charge in [0.15, 0.2) is 0 Å². The van der Waals surface area contributed by atoms with Crippen molar-refractivity contribution in [3.05, 3.63) is 47.0 Å². The monoisotopic (exact) mass is 315 g/mol. The molecule has 0 aliphatic carbocycles. The normalized spacial score (nSPS) is 11.7. The molecule has 0 atom stereocenters. The van der Waals surface area contributed by atoms with Crippen LogP contribution in [0.15, 0.2) is 35.5 Å². The van der Waals surface area contributed by atoms with Crippen molar-refractivity contribution in [2.75, 3.05) is 6.54 Å². The van der Waals surface area contributed by atoms with E-state index in [-0.39, 0.29) is 23.1 Å². The number of aliphatic hydroxyl groups is 1. The molecule has 1 heterocycles. The van der Waals surface area contributed by atoms with E-state index in [9.17, 15) is 8.42 Å². The Balaban J connectivity index is 2.09. The zero-order valence-electron chi connectivity index (χ0n) is 10.5. The van der Waals surface area contributed by atoms with Crippen molar-refractivity contribution < 1.29 is 13.5 Å². The Morgan fingerprint density at radius 3 is 2.85 bits per heavy atom. The van der Waals surface area contributed by atoms with Gasteiger partial charge in [-0.1, -0.05) is 17.7 Å². The zero-order chi connectivity index (χ0) is 14.6. The molecule has 108 valence electrons. The minimum atomic E-state index is -3.71. The van der Waals surface area contributed by atoms with Gasteiger partial charge in [-0.15, -0.1) is 0 Å². The Kier molecular flexibility index (Phi) is 4.77. The van der Waals surface area contributed by atoms with E-state index in [1.165, 1.54) is 12.1 Å². The van der Waals surface area contributed by atoms with Crippen LogP contribution in [-0.2, 0) is 23.1 Å². The lowest BCUT2D eigenvalue weighted by molar-refractivity contribution is 0.281. The average molecular weight is 316 g/mol. The molecule has 20 heavy (non-hydrogen) atoms. The average Bonchev–Trinajstić information content (AvgIpc) is 2.92. The molecule has 8 heteroatoms. The number of hydrogen-bond acceptors (Lipinski definition) is 4. The molecule has 0 unspecified atom stereocenters. The fraction of sp³-hybridized carbons (Fsp3) is 0.250. The van der Waals surface area contributed by atoms with Crippen LogP contribution in [0.1, 0.15) is 11.4 Å². The van der Waals surface area contributed by atoms with Gasteiger partial charge in [0.25, 0.3) is 0 Å². The molecule has 0 saturated heterocycles. The van der Waals surface area contributed by atoms with Crippen LogP contribution in [0.5, 0.6) is 0 Å². The number of sulfonamides is 1. The first-order chi connectivity index (χ1) is 9.53. The summed E-state index contributed by atoms with van der Waals surface area (Å²) in [7, 11) is -3.71. The van der Waals surface area contributed by atoms with Gasteiger partial charge in [-0.05, 0) is 17.7 Å². The number of aromatic amines is 1. The Bertz CT molecular complexity index is 671. The summed E-state index contributed by atoms with van der Waals surface area (Å²) < 4.78 is 26.7. The lowest BCUT2D eigenvalue weighted by atomic mass is 10.2. The Hall–Kier alpha value is -1.41. The third kappa shape index (κ3) is 3.57. The van der Waals surface area contributed by atoms with Gasteiger partial charge in [0.05, 0.1) is 11.6 Å². The highest BCUT2D eigenvalue weighted by Gasteiger charge is 2.18. The van der Waals surface area contributed by atoms with Crippen molar-refractivity contribution >= 4 is 21.6 Å². The molecule has 0 radical (unpaired) electrons. The van der Waals surface area contributed by atoms with Gasteiger partial charge in [-0.3, -0.25) is 0 Å². The number of H-pyrrole nitrogens is 1. The molecule has 0 aliphatic rings. The van der Waals surface area contributed by atoms with Gasteiger partial charge >= 0.3 is 0 Å². The third-order valence-electron chi connectivity index (χ3n) is 2.68. The summed E-state index contributed by atoms with van der Waals surface area (Å²) in [6.07, 6.45) is 3.72. The fourth-order valence-electron chi connectivity index (χ4n) is 1.67. The summed E-state index contributed by atoms with van der Waals surface area (Å²) in [5.41, 5.74) is 0.487. The molecule has 6 nitrogen and oxygen atoms in total. The largest absolute Gasteiger partial charge is 0.392 e. The summed E-state index contributed by atoms with van der Waals surface area (Å²) in [4.78, 5) is 6.85. The van der Waals surface area contributed by atoms with Crippen LogP contribution in [0.3, 0.4) is 0 Å². The molecule has 0 fully saturated rings. The lowest BCUT2D eigenvalue weighted by Gasteiger charge is -2.09. The van der Waals surface area contributed by atoms with Crippen molar-refractivity contribution in [2.45, 2.75) is 17.9 Å². The summed E-state index contributed by atoms with van der Waals surface area (Å²) >= 11 is 5.90. The van der Waals surface area contributed by atoms with Crippen molar-refractivity contribution in [2.24, 2.45) is 0 Å². The Labute approximate surface area is 121 Å². The van der Waals surface area contributed by atoms with Crippen LogP contribution in [0.4, 0.5) is 0 Å². The highest BCUT2D eigenvalue weighted by atomic mass is 35.5. The van der Waals surface area contributed by atoms with Gasteiger partial charge in [0.2, 0.25) is 10.0 Å². The van der Waals surface area contributed by atoms with E-state index in [1.54, 1.807) is 18.5 Å². The molecule has 0 amide bonds. The van der Waals surface area contributed by atoms with E-state index in [1.807, 2.05) is 0 Å². The first kappa shape index (κ1) is 15.0. The Morgan fingerprint density at radius 2 is 2.20 bits per heavy atom. The van der Waals surface area contributed by atoms with Crippen molar-refractivity contribution in [1.29, 1.82) is 0 Å². The highest BCUT2D eigenvalue weighted by Crippen LogP contribution is 2.22. The first-order valence-corrected chi connectivity index (χ1v) is 7.76. The minimum absolute atomic E-state index is 0.0369.